The molecule has 0 unspecified atom stereocenters. The molecule has 1 saturated heterocycles. The van der Waals surface area contributed by atoms with Gasteiger partial charge in [0, 0.05) is 48.4 Å². The van der Waals surface area contributed by atoms with Crippen LogP contribution in [0.4, 0.5) is 10.5 Å². The molecule has 0 spiro atoms. The van der Waals surface area contributed by atoms with E-state index in [9.17, 15) is 4.79 Å². The molecular weight excluding hydrogens is 356 g/mol. The van der Waals surface area contributed by atoms with Crippen LogP contribution in [0.3, 0.4) is 0 Å². The lowest BCUT2D eigenvalue weighted by molar-refractivity contribution is 0.218. The summed E-state index contributed by atoms with van der Waals surface area (Å²) < 4.78 is 10.8. The Hall–Kier alpha value is -3.35. The maximum absolute atomic E-state index is 12.9. The zero-order valence-corrected chi connectivity index (χ0v) is 16.0. The monoisotopic (exact) mass is 380 g/mol. The number of carbonyl (C=O) groups excluding carboxylic acids is 1. The lowest BCUT2D eigenvalue weighted by Gasteiger charge is -2.21. The summed E-state index contributed by atoms with van der Waals surface area (Å²) in [4.78, 5) is 16.4. The molecule has 28 heavy (non-hydrogen) atoms. The number of benzene rings is 2. The quantitative estimate of drug-likeness (QED) is 0.687. The third-order valence-electron chi connectivity index (χ3n) is 4.90. The molecule has 7 nitrogen and oxygen atoms in total. The van der Waals surface area contributed by atoms with Gasteiger partial charge in [0.15, 0.2) is 0 Å². The van der Waals surface area contributed by atoms with Crippen molar-refractivity contribution in [1.29, 1.82) is 10.8 Å². The van der Waals surface area contributed by atoms with Gasteiger partial charge in [-0.15, -0.1) is 0 Å². The Morgan fingerprint density at radius 2 is 1.75 bits per heavy atom. The topological polar surface area (TPSA) is 89.7 Å². The number of rotatable bonds is 8. The average molecular weight is 380 g/mol. The standard InChI is InChI=1S/C21H24N4O3/c1-27-19-6-4-3-5-15(19)14-24-9-10-25(21(24)26)17-7-8-18(16(12-22)13-23)20(11-17)28-2/h3-8,11-13,16,22-23H,9-10,14H2,1-2H3. The number of nitrogens with zero attached hydrogens (tertiary/aromatic N) is 2. The van der Waals surface area contributed by atoms with Gasteiger partial charge in [0.05, 0.1) is 26.7 Å². The van der Waals surface area contributed by atoms with Crippen LogP contribution in [-0.2, 0) is 6.54 Å². The molecule has 2 amide bonds. The van der Waals surface area contributed by atoms with Crippen molar-refractivity contribution in [3.63, 3.8) is 0 Å². The van der Waals surface area contributed by atoms with Gasteiger partial charge in [-0.3, -0.25) is 4.90 Å². The summed E-state index contributed by atoms with van der Waals surface area (Å²) in [6, 6.07) is 13.1. The Labute approximate surface area is 164 Å². The molecule has 3 rings (SSSR count). The van der Waals surface area contributed by atoms with Crippen molar-refractivity contribution in [1.82, 2.24) is 4.90 Å². The predicted molar refractivity (Wildman–Crippen MR) is 109 cm³/mol. The van der Waals surface area contributed by atoms with Crippen LogP contribution in [0.2, 0.25) is 0 Å². The third kappa shape index (κ3) is 3.69. The van der Waals surface area contributed by atoms with E-state index in [1.165, 1.54) is 12.4 Å². The number of hydrogen-bond donors (Lipinski definition) is 2. The molecule has 0 aromatic heterocycles. The highest BCUT2D eigenvalue weighted by Crippen LogP contribution is 2.32. The molecule has 1 fully saturated rings. The SMILES string of the molecule is COc1ccccc1CN1CCN(c2ccc(C(C=N)C=N)c(OC)c2)C1=O. The highest BCUT2D eigenvalue weighted by atomic mass is 16.5. The largest absolute Gasteiger partial charge is 0.496 e. The lowest BCUT2D eigenvalue weighted by Crippen LogP contribution is -2.31. The Balaban J connectivity index is 1.81. The number of anilines is 1. The van der Waals surface area contributed by atoms with E-state index < -0.39 is 5.92 Å². The second-order valence-corrected chi connectivity index (χ2v) is 6.45. The van der Waals surface area contributed by atoms with Crippen LogP contribution in [0, 0.1) is 10.8 Å². The van der Waals surface area contributed by atoms with Crippen LogP contribution >= 0.6 is 0 Å². The number of urea groups is 1. The smallest absolute Gasteiger partial charge is 0.324 e. The van der Waals surface area contributed by atoms with Crippen LogP contribution < -0.4 is 14.4 Å². The fourth-order valence-corrected chi connectivity index (χ4v) is 3.38. The molecule has 2 aromatic rings. The number of methoxy groups -OCH3 is 2. The lowest BCUT2D eigenvalue weighted by atomic mass is 10.00. The summed E-state index contributed by atoms with van der Waals surface area (Å²) in [5.74, 6) is 0.884. The summed E-state index contributed by atoms with van der Waals surface area (Å²) in [5.41, 5.74) is 2.43. The molecule has 0 atom stereocenters. The van der Waals surface area contributed by atoms with Crippen molar-refractivity contribution in [2.75, 3.05) is 32.2 Å². The minimum Gasteiger partial charge on any atom is -0.496 e. The van der Waals surface area contributed by atoms with Crippen molar-refractivity contribution < 1.29 is 14.3 Å². The van der Waals surface area contributed by atoms with Gasteiger partial charge < -0.3 is 25.2 Å². The van der Waals surface area contributed by atoms with Gasteiger partial charge in [-0.05, 0) is 12.1 Å². The Bertz CT molecular complexity index is 876. The van der Waals surface area contributed by atoms with E-state index in [1.54, 1.807) is 30.1 Å². The molecule has 2 N–H and O–H groups in total. The first kappa shape index (κ1) is 19.4. The minimum atomic E-state index is -0.444. The number of carbonyl (C=O) groups is 1. The number of nitrogens with one attached hydrogen (secondary N) is 2. The first-order valence-electron chi connectivity index (χ1n) is 9.00. The van der Waals surface area contributed by atoms with Gasteiger partial charge >= 0.3 is 6.03 Å². The van der Waals surface area contributed by atoms with Gasteiger partial charge in [0.25, 0.3) is 0 Å². The third-order valence-corrected chi connectivity index (χ3v) is 4.90. The van der Waals surface area contributed by atoms with E-state index in [-0.39, 0.29) is 6.03 Å². The fourth-order valence-electron chi connectivity index (χ4n) is 3.38. The predicted octanol–water partition coefficient (Wildman–Crippen LogP) is 3.53. The molecule has 0 bridgehead atoms. The first-order valence-corrected chi connectivity index (χ1v) is 9.00. The number of amides is 2. The number of para-hydroxylation sites is 1. The van der Waals surface area contributed by atoms with Crippen LogP contribution in [0.1, 0.15) is 17.0 Å². The number of ether oxygens (including phenoxy) is 2. The van der Waals surface area contributed by atoms with Crippen molar-refractivity contribution in [2.24, 2.45) is 0 Å². The summed E-state index contributed by atoms with van der Waals surface area (Å²) in [6.07, 6.45) is 2.39. The second-order valence-electron chi connectivity index (χ2n) is 6.45. The van der Waals surface area contributed by atoms with Gasteiger partial charge in [0.1, 0.15) is 11.5 Å². The van der Waals surface area contributed by atoms with Crippen LogP contribution in [-0.4, -0.2) is 50.7 Å². The molecule has 1 heterocycles. The summed E-state index contributed by atoms with van der Waals surface area (Å²) in [5, 5.41) is 14.9. The highest BCUT2D eigenvalue weighted by molar-refractivity contribution is 5.95. The molecule has 0 radical (unpaired) electrons. The fraction of sp³-hybridized carbons (Fsp3) is 0.286. The highest BCUT2D eigenvalue weighted by Gasteiger charge is 2.30. The number of hydrogen-bond acceptors (Lipinski definition) is 5. The molecule has 0 saturated carbocycles. The molecule has 1 aliphatic heterocycles. The minimum absolute atomic E-state index is 0.0728. The van der Waals surface area contributed by atoms with E-state index in [4.69, 9.17) is 20.3 Å². The Morgan fingerprint density at radius 3 is 2.43 bits per heavy atom. The molecule has 7 heteroatoms. The van der Waals surface area contributed by atoms with E-state index >= 15 is 0 Å². The Kier molecular flexibility index (Phi) is 5.93. The summed E-state index contributed by atoms with van der Waals surface area (Å²) in [7, 11) is 3.17. The zero-order chi connectivity index (χ0) is 20.1. The van der Waals surface area contributed by atoms with Gasteiger partial charge in [-0.1, -0.05) is 24.3 Å². The molecular formula is C21H24N4O3. The van der Waals surface area contributed by atoms with Gasteiger partial charge in [-0.25, -0.2) is 4.79 Å². The van der Waals surface area contributed by atoms with Crippen LogP contribution in [0.15, 0.2) is 42.5 Å². The molecule has 2 aromatic carbocycles. The van der Waals surface area contributed by atoms with Gasteiger partial charge in [0.2, 0.25) is 0 Å². The van der Waals surface area contributed by atoms with Crippen LogP contribution in [0.25, 0.3) is 0 Å². The Morgan fingerprint density at radius 1 is 1.04 bits per heavy atom. The van der Waals surface area contributed by atoms with Crippen molar-refractivity contribution in [3.8, 4) is 11.5 Å². The zero-order valence-electron chi connectivity index (χ0n) is 16.0. The van der Waals surface area contributed by atoms with Crippen molar-refractivity contribution in [3.05, 3.63) is 53.6 Å². The van der Waals surface area contributed by atoms with Crippen LogP contribution in [0.5, 0.6) is 11.5 Å². The van der Waals surface area contributed by atoms with Crippen molar-refractivity contribution in [2.45, 2.75) is 12.5 Å². The van der Waals surface area contributed by atoms with Crippen molar-refractivity contribution >= 4 is 24.1 Å². The summed E-state index contributed by atoms with van der Waals surface area (Å²) in [6.45, 7) is 1.68. The molecule has 1 aliphatic rings. The average Bonchev–Trinajstić information content (AvgIpc) is 3.09. The van der Waals surface area contributed by atoms with E-state index in [0.29, 0.717) is 25.4 Å². The second kappa shape index (κ2) is 8.56. The first-order chi connectivity index (χ1) is 13.6. The maximum atomic E-state index is 12.9. The van der Waals surface area contributed by atoms with E-state index in [2.05, 4.69) is 0 Å². The van der Waals surface area contributed by atoms with E-state index in [0.717, 1.165) is 22.6 Å². The molecule has 0 aliphatic carbocycles. The van der Waals surface area contributed by atoms with Gasteiger partial charge in [-0.2, -0.15) is 0 Å². The normalized spacial score (nSPS) is 14.7. The summed E-state index contributed by atoms with van der Waals surface area (Å²) >= 11 is 0. The molecule has 146 valence electrons. The maximum Gasteiger partial charge on any atom is 0.324 e. The van der Waals surface area contributed by atoms with E-state index in [1.807, 2.05) is 36.4 Å².